The average Bonchev–Trinajstić information content (AvgIpc) is 3.70. The number of aromatic nitrogens is 2. The lowest BCUT2D eigenvalue weighted by molar-refractivity contribution is 1.18. The molecule has 2 heterocycles. The van der Waals surface area contributed by atoms with E-state index in [0.29, 0.717) is 16.7 Å². The molecule has 7 aromatic carbocycles. The minimum Gasteiger partial charge on any atom is -0.309 e. The number of nitrogens with zero attached hydrogens (tertiary/aromatic N) is 5. The Balaban J connectivity index is 1.27. The first-order valence-electron chi connectivity index (χ1n) is 16.3. The van der Waals surface area contributed by atoms with E-state index in [9.17, 15) is 15.8 Å². The quantitative estimate of drug-likeness (QED) is 0.193. The van der Waals surface area contributed by atoms with Gasteiger partial charge in [-0.2, -0.15) is 15.8 Å². The third-order valence-electron chi connectivity index (χ3n) is 9.64. The second-order valence-electron chi connectivity index (χ2n) is 12.3. The molecule has 9 rings (SSSR count). The number of para-hydroxylation sites is 4. The smallest absolute Gasteiger partial charge is 0.0998 e. The van der Waals surface area contributed by atoms with Crippen LogP contribution < -0.4 is 0 Å². The summed E-state index contributed by atoms with van der Waals surface area (Å²) in [5, 5.41) is 34.6. The van der Waals surface area contributed by atoms with Crippen molar-refractivity contribution in [1.29, 1.82) is 15.8 Å². The number of rotatable bonds is 4. The van der Waals surface area contributed by atoms with Crippen LogP contribution >= 0.6 is 0 Å². The van der Waals surface area contributed by atoms with Crippen molar-refractivity contribution >= 4 is 43.6 Å². The maximum Gasteiger partial charge on any atom is 0.0998 e. The highest BCUT2D eigenvalue weighted by molar-refractivity contribution is 6.11. The third-order valence-corrected chi connectivity index (χ3v) is 9.64. The Kier molecular flexibility index (Phi) is 6.56. The van der Waals surface area contributed by atoms with Crippen LogP contribution in [0.1, 0.15) is 16.7 Å². The Morgan fingerprint density at radius 1 is 0.360 bits per heavy atom. The van der Waals surface area contributed by atoms with Crippen molar-refractivity contribution in [2.45, 2.75) is 0 Å². The molecule has 0 unspecified atom stereocenters. The topological polar surface area (TPSA) is 81.2 Å². The van der Waals surface area contributed by atoms with Gasteiger partial charge in [0.05, 0.1) is 62.7 Å². The van der Waals surface area contributed by atoms with Gasteiger partial charge in [0, 0.05) is 38.4 Å². The molecule has 0 saturated heterocycles. The predicted molar refractivity (Wildman–Crippen MR) is 200 cm³/mol. The molecule has 0 fully saturated rings. The molecular formula is C45H25N5. The fraction of sp³-hybridized carbons (Fsp3) is 0. The van der Waals surface area contributed by atoms with Crippen LogP contribution in [0.4, 0.5) is 0 Å². The third kappa shape index (κ3) is 4.31. The van der Waals surface area contributed by atoms with Crippen LogP contribution in [0.15, 0.2) is 152 Å². The van der Waals surface area contributed by atoms with Crippen molar-refractivity contribution in [3.05, 3.63) is 168 Å². The lowest BCUT2D eigenvalue weighted by Gasteiger charge is -2.18. The largest absolute Gasteiger partial charge is 0.309 e. The Labute approximate surface area is 287 Å². The van der Waals surface area contributed by atoms with Crippen molar-refractivity contribution in [3.63, 3.8) is 0 Å². The van der Waals surface area contributed by atoms with Crippen molar-refractivity contribution in [2.24, 2.45) is 0 Å². The van der Waals surface area contributed by atoms with E-state index in [1.807, 2.05) is 78.9 Å². The molecule has 0 spiro atoms. The molecule has 5 heteroatoms. The van der Waals surface area contributed by atoms with Gasteiger partial charge < -0.3 is 9.13 Å². The van der Waals surface area contributed by atoms with Crippen LogP contribution in [0.5, 0.6) is 0 Å². The molecule has 0 aliphatic rings. The molecule has 0 radical (unpaired) electrons. The number of nitriles is 3. The molecule has 0 N–H and O–H groups in total. The van der Waals surface area contributed by atoms with Crippen LogP contribution in [-0.2, 0) is 0 Å². The van der Waals surface area contributed by atoms with Crippen LogP contribution in [-0.4, -0.2) is 9.13 Å². The summed E-state index contributed by atoms with van der Waals surface area (Å²) in [6, 6.07) is 57.7. The summed E-state index contributed by atoms with van der Waals surface area (Å²) in [4.78, 5) is 0. The molecule has 0 saturated carbocycles. The zero-order chi connectivity index (χ0) is 33.8. The standard InChI is InChI=1S/C45H25N5/c46-26-29-17-20-34(35-9-1-6-14-42(35)50-43-15-7-2-10-36(43)37-11-3-8-16-44(37)50)39(23-29)33-21-19-32(25-31(33)28-48)49-41-13-5-4-12-38(41)40-24-30(27-47)18-22-45(40)49/h1-25H. The summed E-state index contributed by atoms with van der Waals surface area (Å²) >= 11 is 0. The van der Waals surface area contributed by atoms with Gasteiger partial charge in [0.2, 0.25) is 0 Å². The summed E-state index contributed by atoms with van der Waals surface area (Å²) in [7, 11) is 0. The average molecular weight is 636 g/mol. The summed E-state index contributed by atoms with van der Waals surface area (Å²) in [6.07, 6.45) is 0. The maximum atomic E-state index is 10.7. The Morgan fingerprint density at radius 3 is 1.58 bits per heavy atom. The van der Waals surface area contributed by atoms with E-state index in [4.69, 9.17) is 0 Å². The maximum absolute atomic E-state index is 10.7. The number of hydrogen-bond acceptors (Lipinski definition) is 3. The molecule has 9 aromatic rings. The van der Waals surface area contributed by atoms with Crippen molar-refractivity contribution in [2.75, 3.05) is 0 Å². The highest BCUT2D eigenvalue weighted by atomic mass is 15.0. The highest BCUT2D eigenvalue weighted by Crippen LogP contribution is 2.41. The Hall–Kier alpha value is -7.39. The first-order valence-corrected chi connectivity index (χ1v) is 16.3. The van der Waals surface area contributed by atoms with Gasteiger partial charge in [0.1, 0.15) is 0 Å². The molecule has 0 aliphatic heterocycles. The molecule has 0 atom stereocenters. The Morgan fingerprint density at radius 2 is 0.900 bits per heavy atom. The molecule has 0 bridgehead atoms. The van der Waals surface area contributed by atoms with E-state index in [1.54, 1.807) is 0 Å². The van der Waals surface area contributed by atoms with Gasteiger partial charge in [-0.25, -0.2) is 0 Å². The number of benzene rings is 7. The van der Waals surface area contributed by atoms with Crippen LogP contribution in [0.2, 0.25) is 0 Å². The zero-order valence-electron chi connectivity index (χ0n) is 26.7. The van der Waals surface area contributed by atoms with Gasteiger partial charge in [0.15, 0.2) is 0 Å². The second-order valence-corrected chi connectivity index (χ2v) is 12.3. The molecule has 230 valence electrons. The van der Waals surface area contributed by atoms with Gasteiger partial charge in [0.25, 0.3) is 0 Å². The second kappa shape index (κ2) is 11.4. The van der Waals surface area contributed by atoms with Gasteiger partial charge in [-0.1, -0.05) is 84.9 Å². The van der Waals surface area contributed by atoms with Crippen LogP contribution in [0, 0.1) is 34.0 Å². The molecule has 50 heavy (non-hydrogen) atoms. The first-order chi connectivity index (χ1) is 24.7. The summed E-state index contributed by atoms with van der Waals surface area (Å²) in [5.74, 6) is 0. The van der Waals surface area contributed by atoms with Crippen molar-refractivity contribution < 1.29 is 0 Å². The van der Waals surface area contributed by atoms with Crippen molar-refractivity contribution in [1.82, 2.24) is 9.13 Å². The lowest BCUT2D eigenvalue weighted by Crippen LogP contribution is -1.99. The normalized spacial score (nSPS) is 11.1. The fourth-order valence-corrected chi connectivity index (χ4v) is 7.47. The molecular weight excluding hydrogens is 611 g/mol. The van der Waals surface area contributed by atoms with Crippen molar-refractivity contribution in [3.8, 4) is 51.8 Å². The molecule has 0 aliphatic carbocycles. The SMILES string of the molecule is N#Cc1ccc(-c2ccccc2-n2c3ccccc3c3ccccc32)c(-c2ccc(-n3c4ccccc4c4cc(C#N)ccc43)cc2C#N)c1. The summed E-state index contributed by atoms with van der Waals surface area (Å²) in [5.41, 5.74) is 11.1. The van der Waals surface area contributed by atoms with E-state index < -0.39 is 0 Å². The van der Waals surface area contributed by atoms with Gasteiger partial charge in [-0.3, -0.25) is 0 Å². The van der Waals surface area contributed by atoms with Crippen LogP contribution in [0.3, 0.4) is 0 Å². The number of hydrogen-bond donors (Lipinski definition) is 0. The Bertz CT molecular complexity index is 2920. The predicted octanol–water partition coefficient (Wildman–Crippen LogP) is 10.8. The first kappa shape index (κ1) is 28.8. The van der Waals surface area contributed by atoms with Gasteiger partial charge >= 0.3 is 0 Å². The zero-order valence-corrected chi connectivity index (χ0v) is 26.7. The van der Waals surface area contributed by atoms with E-state index in [2.05, 4.69) is 100 Å². The molecule has 0 amide bonds. The van der Waals surface area contributed by atoms with Crippen LogP contribution in [0.25, 0.3) is 77.2 Å². The monoisotopic (exact) mass is 635 g/mol. The summed E-state index contributed by atoms with van der Waals surface area (Å²) < 4.78 is 4.44. The molecule has 2 aromatic heterocycles. The van der Waals surface area contributed by atoms with Gasteiger partial charge in [-0.05, 0) is 77.9 Å². The molecule has 5 nitrogen and oxygen atoms in total. The fourth-order valence-electron chi connectivity index (χ4n) is 7.47. The highest BCUT2D eigenvalue weighted by Gasteiger charge is 2.20. The van der Waals surface area contributed by atoms with E-state index >= 15 is 0 Å². The summed E-state index contributed by atoms with van der Waals surface area (Å²) in [6.45, 7) is 0. The minimum absolute atomic E-state index is 0.493. The van der Waals surface area contributed by atoms with E-state index in [0.717, 1.165) is 66.5 Å². The van der Waals surface area contributed by atoms with Gasteiger partial charge in [-0.15, -0.1) is 0 Å². The number of fused-ring (bicyclic) bond motifs is 6. The lowest BCUT2D eigenvalue weighted by atomic mass is 9.89. The van der Waals surface area contributed by atoms with E-state index in [1.165, 1.54) is 10.8 Å². The minimum atomic E-state index is 0.493. The van der Waals surface area contributed by atoms with E-state index in [-0.39, 0.29) is 0 Å².